The average molecular weight is 230 g/mol. The van der Waals surface area contributed by atoms with Crippen molar-refractivity contribution < 1.29 is 0 Å². The average Bonchev–Trinajstić information content (AvgIpc) is 2.40. The lowest BCUT2D eigenvalue weighted by Gasteiger charge is -2.27. The number of hydrogen-bond donors (Lipinski definition) is 1. The van der Waals surface area contributed by atoms with E-state index in [4.69, 9.17) is 0 Å². The molecule has 1 aliphatic heterocycles. The lowest BCUT2D eigenvalue weighted by atomic mass is 10.1. The molecule has 0 bridgehead atoms. The molecule has 1 saturated heterocycles. The van der Waals surface area contributed by atoms with Gasteiger partial charge in [0.05, 0.1) is 10.9 Å². The predicted octanol–water partition coefficient (Wildman–Crippen LogP) is 1.31. The first-order chi connectivity index (χ1) is 8.34. The van der Waals surface area contributed by atoms with E-state index in [1.165, 1.54) is 6.42 Å². The second kappa shape index (κ2) is 4.16. The van der Waals surface area contributed by atoms with Crippen molar-refractivity contribution in [2.75, 3.05) is 18.0 Å². The molecule has 1 fully saturated rings. The van der Waals surface area contributed by atoms with Crippen LogP contribution in [0.5, 0.6) is 0 Å². The Morgan fingerprint density at radius 2 is 2.06 bits per heavy atom. The summed E-state index contributed by atoms with van der Waals surface area (Å²) in [4.78, 5) is 25.3. The Kier molecular flexibility index (Phi) is 2.51. The highest BCUT2D eigenvalue weighted by atomic mass is 16.1. The molecule has 2 aromatic rings. The highest BCUT2D eigenvalue weighted by molar-refractivity contribution is 5.77. The first-order valence-electron chi connectivity index (χ1n) is 5.93. The van der Waals surface area contributed by atoms with E-state index in [0.717, 1.165) is 25.9 Å². The maximum Gasteiger partial charge on any atom is 0.261 e. The van der Waals surface area contributed by atoms with Crippen LogP contribution in [-0.2, 0) is 0 Å². The fourth-order valence-electron chi connectivity index (χ4n) is 2.23. The van der Waals surface area contributed by atoms with Crippen LogP contribution in [0, 0.1) is 0 Å². The number of anilines is 1. The van der Waals surface area contributed by atoms with E-state index in [9.17, 15) is 4.79 Å². The molecule has 0 saturated carbocycles. The van der Waals surface area contributed by atoms with Crippen LogP contribution < -0.4 is 10.5 Å². The number of fused-ring (bicyclic) bond motifs is 1. The Hall–Kier alpha value is -1.91. The van der Waals surface area contributed by atoms with Gasteiger partial charge in [0, 0.05) is 25.5 Å². The van der Waals surface area contributed by atoms with E-state index in [-0.39, 0.29) is 5.56 Å². The van der Waals surface area contributed by atoms with Crippen LogP contribution in [0.2, 0.25) is 0 Å². The van der Waals surface area contributed by atoms with E-state index < -0.39 is 0 Å². The van der Waals surface area contributed by atoms with Gasteiger partial charge in [0.1, 0.15) is 0 Å². The Morgan fingerprint density at radius 3 is 2.88 bits per heavy atom. The number of piperidine rings is 1. The molecular formula is C12H14N4O. The summed E-state index contributed by atoms with van der Waals surface area (Å²) < 4.78 is 0. The van der Waals surface area contributed by atoms with E-state index in [1.54, 1.807) is 18.5 Å². The van der Waals surface area contributed by atoms with E-state index >= 15 is 0 Å². The molecular weight excluding hydrogens is 216 g/mol. The molecule has 0 atom stereocenters. The number of pyridine rings is 1. The quantitative estimate of drug-likeness (QED) is 0.802. The van der Waals surface area contributed by atoms with Gasteiger partial charge in [0.2, 0.25) is 5.95 Å². The molecule has 0 aromatic carbocycles. The zero-order valence-electron chi connectivity index (χ0n) is 9.52. The molecule has 17 heavy (non-hydrogen) atoms. The van der Waals surface area contributed by atoms with Gasteiger partial charge in [-0.15, -0.1) is 0 Å². The highest BCUT2D eigenvalue weighted by Crippen LogP contribution is 2.16. The van der Waals surface area contributed by atoms with Gasteiger partial charge < -0.3 is 4.90 Å². The van der Waals surface area contributed by atoms with E-state index in [2.05, 4.69) is 19.9 Å². The smallest absolute Gasteiger partial charge is 0.261 e. The zero-order valence-corrected chi connectivity index (χ0v) is 9.52. The molecule has 0 amide bonds. The molecule has 3 heterocycles. The summed E-state index contributed by atoms with van der Waals surface area (Å²) in [7, 11) is 0. The molecule has 0 aliphatic carbocycles. The highest BCUT2D eigenvalue weighted by Gasteiger charge is 2.14. The maximum atomic E-state index is 11.9. The van der Waals surface area contributed by atoms with Crippen molar-refractivity contribution >= 4 is 16.9 Å². The van der Waals surface area contributed by atoms with Crippen molar-refractivity contribution in [2.45, 2.75) is 19.3 Å². The number of aromatic nitrogens is 3. The van der Waals surface area contributed by atoms with Crippen LogP contribution in [0.15, 0.2) is 23.3 Å². The SMILES string of the molecule is O=c1[nH]c(N2CCCCC2)nc2ccncc12. The van der Waals surface area contributed by atoms with Crippen LogP contribution >= 0.6 is 0 Å². The molecule has 3 rings (SSSR count). The van der Waals surface area contributed by atoms with Crippen molar-refractivity contribution in [1.29, 1.82) is 0 Å². The van der Waals surface area contributed by atoms with Gasteiger partial charge in [-0.3, -0.25) is 14.8 Å². The fourth-order valence-corrected chi connectivity index (χ4v) is 2.23. The summed E-state index contributed by atoms with van der Waals surface area (Å²) in [6.45, 7) is 1.94. The Labute approximate surface area is 98.5 Å². The minimum atomic E-state index is -0.108. The molecule has 5 heteroatoms. The van der Waals surface area contributed by atoms with Crippen molar-refractivity contribution in [3.8, 4) is 0 Å². The summed E-state index contributed by atoms with van der Waals surface area (Å²) in [5, 5.41) is 0.549. The summed E-state index contributed by atoms with van der Waals surface area (Å²) in [5.74, 6) is 0.688. The Morgan fingerprint density at radius 1 is 1.24 bits per heavy atom. The largest absolute Gasteiger partial charge is 0.342 e. The standard InChI is InChI=1S/C12H14N4O/c17-11-9-8-13-5-4-10(9)14-12(15-11)16-6-2-1-3-7-16/h4-5,8H,1-3,6-7H2,(H,14,15,17). The number of nitrogens with one attached hydrogen (secondary N) is 1. The van der Waals surface area contributed by atoms with E-state index in [0.29, 0.717) is 16.9 Å². The summed E-state index contributed by atoms with van der Waals surface area (Å²) in [6, 6.07) is 1.78. The third-order valence-electron chi connectivity index (χ3n) is 3.15. The molecule has 1 aliphatic rings. The number of H-pyrrole nitrogens is 1. The third kappa shape index (κ3) is 1.88. The van der Waals surface area contributed by atoms with Crippen molar-refractivity contribution in [1.82, 2.24) is 15.0 Å². The van der Waals surface area contributed by atoms with Crippen LogP contribution in [-0.4, -0.2) is 28.0 Å². The van der Waals surface area contributed by atoms with E-state index in [1.807, 2.05) is 0 Å². The summed E-state index contributed by atoms with van der Waals surface area (Å²) in [5.41, 5.74) is 0.605. The number of aromatic amines is 1. The third-order valence-corrected chi connectivity index (χ3v) is 3.15. The number of hydrogen-bond acceptors (Lipinski definition) is 4. The minimum Gasteiger partial charge on any atom is -0.342 e. The number of nitrogens with zero attached hydrogens (tertiary/aromatic N) is 3. The maximum absolute atomic E-state index is 11.9. The van der Waals surface area contributed by atoms with Gasteiger partial charge in [-0.1, -0.05) is 0 Å². The minimum absolute atomic E-state index is 0.108. The monoisotopic (exact) mass is 230 g/mol. The molecule has 0 radical (unpaired) electrons. The van der Waals surface area contributed by atoms with Gasteiger partial charge in [-0.05, 0) is 25.3 Å². The number of rotatable bonds is 1. The second-order valence-corrected chi connectivity index (χ2v) is 4.33. The summed E-state index contributed by atoms with van der Waals surface area (Å²) >= 11 is 0. The lowest BCUT2D eigenvalue weighted by Crippen LogP contribution is -2.32. The molecule has 0 unspecified atom stereocenters. The van der Waals surface area contributed by atoms with Crippen molar-refractivity contribution in [2.24, 2.45) is 0 Å². The van der Waals surface area contributed by atoms with Gasteiger partial charge >= 0.3 is 0 Å². The molecule has 0 spiro atoms. The van der Waals surface area contributed by atoms with Crippen molar-refractivity contribution in [3.63, 3.8) is 0 Å². The normalized spacial score (nSPS) is 16.4. The predicted molar refractivity (Wildman–Crippen MR) is 66.2 cm³/mol. The zero-order chi connectivity index (χ0) is 11.7. The van der Waals surface area contributed by atoms with Gasteiger partial charge in [0.25, 0.3) is 5.56 Å². The topological polar surface area (TPSA) is 61.9 Å². The second-order valence-electron chi connectivity index (χ2n) is 4.33. The van der Waals surface area contributed by atoms with Crippen LogP contribution in [0.4, 0.5) is 5.95 Å². The molecule has 2 aromatic heterocycles. The molecule has 88 valence electrons. The first kappa shape index (κ1) is 10.3. The van der Waals surface area contributed by atoms with Crippen LogP contribution in [0.25, 0.3) is 10.9 Å². The fraction of sp³-hybridized carbons (Fsp3) is 0.417. The molecule has 5 nitrogen and oxygen atoms in total. The lowest BCUT2D eigenvalue weighted by molar-refractivity contribution is 0.568. The summed E-state index contributed by atoms with van der Waals surface area (Å²) in [6.07, 6.45) is 6.81. The van der Waals surface area contributed by atoms with Gasteiger partial charge in [0.15, 0.2) is 0 Å². The van der Waals surface area contributed by atoms with Crippen LogP contribution in [0.1, 0.15) is 19.3 Å². The Bertz CT molecular complexity index is 586. The molecule has 1 N–H and O–H groups in total. The first-order valence-corrected chi connectivity index (χ1v) is 5.93. The van der Waals surface area contributed by atoms with Crippen molar-refractivity contribution in [3.05, 3.63) is 28.8 Å². The van der Waals surface area contributed by atoms with Gasteiger partial charge in [-0.25, -0.2) is 4.98 Å². The van der Waals surface area contributed by atoms with Gasteiger partial charge in [-0.2, -0.15) is 0 Å². The van der Waals surface area contributed by atoms with Crippen LogP contribution in [0.3, 0.4) is 0 Å². The Balaban J connectivity index is 2.08.